The molecular weight excluding hydrogens is 314 g/mol. The summed E-state index contributed by atoms with van der Waals surface area (Å²) in [6.07, 6.45) is 3.58. The van der Waals surface area contributed by atoms with Crippen LogP contribution in [0.15, 0.2) is 18.2 Å². The van der Waals surface area contributed by atoms with Crippen molar-refractivity contribution in [2.45, 2.75) is 39.2 Å². The summed E-state index contributed by atoms with van der Waals surface area (Å²) in [6.45, 7) is 4.86. The summed E-state index contributed by atoms with van der Waals surface area (Å²) in [7, 11) is -3.21. The molecule has 0 saturated carbocycles. The quantitative estimate of drug-likeness (QED) is 0.882. The zero-order valence-corrected chi connectivity index (χ0v) is 14.7. The maximum Gasteiger partial charge on any atom is 0.319 e. The van der Waals surface area contributed by atoms with Gasteiger partial charge < -0.3 is 10.6 Å². The highest BCUT2D eigenvalue weighted by atomic mass is 32.2. The van der Waals surface area contributed by atoms with E-state index in [0.717, 1.165) is 36.1 Å². The number of sulfonamides is 1. The van der Waals surface area contributed by atoms with Crippen molar-refractivity contribution in [1.29, 1.82) is 0 Å². The van der Waals surface area contributed by atoms with Crippen molar-refractivity contribution in [3.8, 4) is 0 Å². The van der Waals surface area contributed by atoms with Gasteiger partial charge >= 0.3 is 6.03 Å². The van der Waals surface area contributed by atoms with Gasteiger partial charge in [-0.05, 0) is 37.3 Å². The number of hydrogen-bond acceptors (Lipinski definition) is 3. The van der Waals surface area contributed by atoms with Gasteiger partial charge in [0.25, 0.3) is 0 Å². The molecule has 2 rings (SSSR count). The molecule has 1 aliphatic rings. The van der Waals surface area contributed by atoms with Crippen LogP contribution in [0.4, 0.5) is 10.5 Å². The van der Waals surface area contributed by atoms with Gasteiger partial charge in [0.05, 0.1) is 6.26 Å². The number of hydrogen-bond donors (Lipinski definition) is 2. The second kappa shape index (κ2) is 7.31. The molecule has 2 N–H and O–H groups in total. The van der Waals surface area contributed by atoms with E-state index in [-0.39, 0.29) is 12.1 Å². The summed E-state index contributed by atoms with van der Waals surface area (Å²) in [4.78, 5) is 12.3. The Morgan fingerprint density at radius 1 is 1.39 bits per heavy atom. The fourth-order valence-corrected chi connectivity index (χ4v) is 3.81. The van der Waals surface area contributed by atoms with Gasteiger partial charge in [-0.25, -0.2) is 17.5 Å². The molecule has 0 aromatic heterocycles. The van der Waals surface area contributed by atoms with Crippen LogP contribution in [0.25, 0.3) is 0 Å². The average Bonchev–Trinajstić information content (AvgIpc) is 2.48. The smallest absolute Gasteiger partial charge is 0.319 e. The Balaban J connectivity index is 2.00. The largest absolute Gasteiger partial charge is 0.334 e. The number of nitrogens with one attached hydrogen (secondary N) is 2. The number of nitrogens with zero attached hydrogens (tertiary/aromatic N) is 1. The molecule has 0 unspecified atom stereocenters. The summed E-state index contributed by atoms with van der Waals surface area (Å²) in [6, 6.07) is 5.49. The molecule has 0 radical (unpaired) electrons. The molecule has 6 nitrogen and oxygen atoms in total. The van der Waals surface area contributed by atoms with Gasteiger partial charge in [0.15, 0.2) is 0 Å². The minimum absolute atomic E-state index is 0.160. The van der Waals surface area contributed by atoms with Crippen molar-refractivity contribution in [2.24, 2.45) is 0 Å². The molecule has 23 heavy (non-hydrogen) atoms. The summed E-state index contributed by atoms with van der Waals surface area (Å²) in [5.74, 6) is 0. The predicted octanol–water partition coefficient (Wildman–Crippen LogP) is 2.10. The van der Waals surface area contributed by atoms with Crippen LogP contribution in [0.2, 0.25) is 0 Å². The van der Waals surface area contributed by atoms with Gasteiger partial charge in [-0.3, -0.25) is 0 Å². The lowest BCUT2D eigenvalue weighted by molar-refractivity contribution is 0.236. The van der Waals surface area contributed by atoms with E-state index in [4.69, 9.17) is 0 Å². The van der Waals surface area contributed by atoms with Gasteiger partial charge in [-0.1, -0.05) is 25.1 Å². The number of rotatable bonds is 4. The predicted molar refractivity (Wildman–Crippen MR) is 92.2 cm³/mol. The SMILES string of the molecule is CCc1cccc(C)c1NC(=O)N[C@@H]1CCCN(S(C)(=O)=O)C1. The molecule has 128 valence electrons. The van der Waals surface area contributed by atoms with Crippen LogP contribution in [-0.2, 0) is 16.4 Å². The first kappa shape index (κ1) is 17.7. The highest BCUT2D eigenvalue weighted by molar-refractivity contribution is 7.88. The number of carbonyl (C=O) groups excluding carboxylic acids is 1. The van der Waals surface area contributed by atoms with Gasteiger partial charge in [0.1, 0.15) is 0 Å². The first-order chi connectivity index (χ1) is 10.8. The highest BCUT2D eigenvalue weighted by Gasteiger charge is 2.26. The molecule has 1 aromatic rings. The zero-order chi connectivity index (χ0) is 17.0. The third kappa shape index (κ3) is 4.68. The van der Waals surface area contributed by atoms with Crippen molar-refractivity contribution >= 4 is 21.7 Å². The van der Waals surface area contributed by atoms with Crippen molar-refractivity contribution < 1.29 is 13.2 Å². The van der Waals surface area contributed by atoms with Crippen LogP contribution < -0.4 is 10.6 Å². The topological polar surface area (TPSA) is 78.5 Å². The van der Waals surface area contributed by atoms with Gasteiger partial charge in [-0.15, -0.1) is 0 Å². The van der Waals surface area contributed by atoms with Crippen LogP contribution in [0.5, 0.6) is 0 Å². The van der Waals surface area contributed by atoms with Crippen molar-refractivity contribution in [1.82, 2.24) is 9.62 Å². The lowest BCUT2D eigenvalue weighted by Crippen LogP contribution is -2.50. The van der Waals surface area contributed by atoms with E-state index < -0.39 is 10.0 Å². The molecule has 1 atom stereocenters. The lowest BCUT2D eigenvalue weighted by Gasteiger charge is -2.31. The normalized spacial score (nSPS) is 19.3. The third-order valence-electron chi connectivity index (χ3n) is 4.17. The molecule has 0 bridgehead atoms. The molecule has 7 heteroatoms. The molecule has 1 heterocycles. The van der Waals surface area contributed by atoms with Crippen LogP contribution in [0.3, 0.4) is 0 Å². The summed E-state index contributed by atoms with van der Waals surface area (Å²) >= 11 is 0. The molecule has 1 aromatic carbocycles. The van der Waals surface area contributed by atoms with Gasteiger partial charge in [-0.2, -0.15) is 0 Å². The first-order valence-corrected chi connectivity index (χ1v) is 9.77. The Hall–Kier alpha value is -1.60. The first-order valence-electron chi connectivity index (χ1n) is 7.92. The minimum Gasteiger partial charge on any atom is -0.334 e. The second-order valence-electron chi connectivity index (χ2n) is 6.02. The third-order valence-corrected chi connectivity index (χ3v) is 5.44. The molecule has 0 spiro atoms. The van der Waals surface area contributed by atoms with E-state index in [0.29, 0.717) is 13.1 Å². The maximum atomic E-state index is 12.3. The maximum absolute atomic E-state index is 12.3. The standard InChI is InChI=1S/C16H25N3O3S/c1-4-13-8-5-7-12(2)15(13)18-16(20)17-14-9-6-10-19(11-14)23(3,21)22/h5,7-8,14H,4,6,9-11H2,1-3H3,(H2,17,18,20)/t14-/m1/s1. The molecule has 0 aliphatic carbocycles. The van der Waals surface area contributed by atoms with E-state index in [2.05, 4.69) is 10.6 Å². The van der Waals surface area contributed by atoms with Crippen LogP contribution in [0, 0.1) is 6.92 Å². The zero-order valence-electron chi connectivity index (χ0n) is 13.9. The number of para-hydroxylation sites is 1. The molecule has 1 saturated heterocycles. The average molecular weight is 339 g/mol. The number of benzene rings is 1. The fraction of sp³-hybridized carbons (Fsp3) is 0.562. The van der Waals surface area contributed by atoms with Crippen LogP contribution >= 0.6 is 0 Å². The van der Waals surface area contributed by atoms with Crippen molar-refractivity contribution in [3.63, 3.8) is 0 Å². The van der Waals surface area contributed by atoms with E-state index >= 15 is 0 Å². The fourth-order valence-electron chi connectivity index (χ4n) is 2.90. The number of aryl methyl sites for hydroxylation is 2. The number of carbonyl (C=O) groups is 1. The Morgan fingerprint density at radius 3 is 2.78 bits per heavy atom. The Kier molecular flexibility index (Phi) is 5.64. The van der Waals surface area contributed by atoms with E-state index in [9.17, 15) is 13.2 Å². The lowest BCUT2D eigenvalue weighted by atomic mass is 10.1. The molecule has 2 amide bonds. The van der Waals surface area contributed by atoms with Crippen molar-refractivity contribution in [3.05, 3.63) is 29.3 Å². The number of amides is 2. The second-order valence-corrected chi connectivity index (χ2v) is 8.00. The summed E-state index contributed by atoms with van der Waals surface area (Å²) < 4.78 is 24.7. The number of urea groups is 1. The summed E-state index contributed by atoms with van der Waals surface area (Å²) in [5, 5.41) is 5.80. The summed E-state index contributed by atoms with van der Waals surface area (Å²) in [5.41, 5.74) is 2.94. The Bertz CT molecular complexity index is 673. The Labute approximate surface area is 138 Å². The van der Waals surface area contributed by atoms with Crippen LogP contribution in [0.1, 0.15) is 30.9 Å². The van der Waals surface area contributed by atoms with Crippen LogP contribution in [-0.4, -0.2) is 44.1 Å². The highest BCUT2D eigenvalue weighted by Crippen LogP contribution is 2.21. The van der Waals surface area contributed by atoms with E-state index in [1.54, 1.807) is 0 Å². The molecular formula is C16H25N3O3S. The minimum atomic E-state index is -3.21. The van der Waals surface area contributed by atoms with E-state index in [1.807, 2.05) is 32.0 Å². The van der Waals surface area contributed by atoms with Gasteiger partial charge in [0.2, 0.25) is 10.0 Å². The number of piperidine rings is 1. The number of anilines is 1. The van der Waals surface area contributed by atoms with Crippen molar-refractivity contribution in [2.75, 3.05) is 24.7 Å². The van der Waals surface area contributed by atoms with E-state index in [1.165, 1.54) is 10.6 Å². The van der Waals surface area contributed by atoms with Gasteiger partial charge in [0, 0.05) is 24.8 Å². The monoisotopic (exact) mass is 339 g/mol. The Morgan fingerprint density at radius 2 is 2.13 bits per heavy atom. The molecule has 1 fully saturated rings. The molecule has 1 aliphatic heterocycles.